The van der Waals surface area contributed by atoms with Crippen LogP contribution in [-0.2, 0) is 4.79 Å². The molecule has 0 radical (unpaired) electrons. The average Bonchev–Trinajstić information content (AvgIpc) is 2.47. The molecule has 0 spiro atoms. The van der Waals surface area contributed by atoms with E-state index >= 15 is 0 Å². The maximum absolute atomic E-state index is 13.4. The summed E-state index contributed by atoms with van der Waals surface area (Å²) >= 11 is 2.77. The van der Waals surface area contributed by atoms with Gasteiger partial charge in [0.15, 0.2) is 0 Å². The van der Waals surface area contributed by atoms with Gasteiger partial charge in [-0.15, -0.1) is 23.5 Å². The molecule has 2 nitrogen and oxygen atoms in total. The molecule has 0 aliphatic rings. The largest absolute Gasteiger partial charge is 0.324 e. The molecule has 0 aromatic heterocycles. The van der Waals surface area contributed by atoms with Crippen molar-refractivity contribution in [3.05, 3.63) is 54.3 Å². The Morgan fingerprint density at radius 2 is 1.75 bits per heavy atom. The number of carbonyl (C=O) groups is 1. The number of halogens is 1. The number of hydrogen-bond donors (Lipinski definition) is 1. The second-order valence-corrected chi connectivity index (χ2v) is 5.83. The molecule has 2 aromatic rings. The van der Waals surface area contributed by atoms with Gasteiger partial charge in [0, 0.05) is 9.79 Å². The Kier molecular flexibility index (Phi) is 5.49. The second-order valence-electron chi connectivity index (χ2n) is 3.97. The van der Waals surface area contributed by atoms with E-state index in [4.69, 9.17) is 0 Å². The van der Waals surface area contributed by atoms with Crippen LogP contribution in [-0.4, -0.2) is 17.9 Å². The van der Waals surface area contributed by atoms with Crippen molar-refractivity contribution in [2.24, 2.45) is 0 Å². The van der Waals surface area contributed by atoms with Crippen molar-refractivity contribution in [2.45, 2.75) is 9.79 Å². The fraction of sp³-hybridized carbons (Fsp3) is 0.133. The van der Waals surface area contributed by atoms with Gasteiger partial charge in [-0.05, 0) is 30.5 Å². The molecule has 0 saturated carbocycles. The third kappa shape index (κ3) is 4.02. The third-order valence-electron chi connectivity index (χ3n) is 2.58. The van der Waals surface area contributed by atoms with E-state index in [2.05, 4.69) is 5.32 Å². The minimum absolute atomic E-state index is 0.139. The molecule has 0 aliphatic heterocycles. The van der Waals surface area contributed by atoms with Crippen LogP contribution in [0, 0.1) is 5.82 Å². The van der Waals surface area contributed by atoms with Crippen LogP contribution in [0.2, 0.25) is 0 Å². The highest BCUT2D eigenvalue weighted by Crippen LogP contribution is 2.25. The van der Waals surface area contributed by atoms with Crippen LogP contribution < -0.4 is 5.32 Å². The summed E-state index contributed by atoms with van der Waals surface area (Å²) in [6, 6.07) is 14.1. The maximum Gasteiger partial charge on any atom is 0.234 e. The predicted molar refractivity (Wildman–Crippen MR) is 84.0 cm³/mol. The monoisotopic (exact) mass is 307 g/mol. The molecule has 0 saturated heterocycles. The molecule has 0 heterocycles. The van der Waals surface area contributed by atoms with Gasteiger partial charge in [-0.3, -0.25) is 4.79 Å². The number of benzene rings is 2. The third-order valence-corrected chi connectivity index (χ3v) is 4.42. The van der Waals surface area contributed by atoms with Crippen LogP contribution in [0.4, 0.5) is 10.1 Å². The first-order valence-corrected chi connectivity index (χ1v) is 8.22. The van der Waals surface area contributed by atoms with E-state index in [1.54, 1.807) is 30.0 Å². The molecule has 1 amide bonds. The Hall–Kier alpha value is -1.46. The lowest BCUT2D eigenvalue weighted by Crippen LogP contribution is -2.14. The first-order chi connectivity index (χ1) is 9.70. The van der Waals surface area contributed by atoms with Gasteiger partial charge in [0.1, 0.15) is 5.82 Å². The molecule has 5 heteroatoms. The summed E-state index contributed by atoms with van der Waals surface area (Å²) in [5, 5.41) is 2.85. The van der Waals surface area contributed by atoms with Crippen LogP contribution in [0.3, 0.4) is 0 Å². The number of thioether (sulfide) groups is 2. The molecule has 2 aromatic carbocycles. The van der Waals surface area contributed by atoms with E-state index in [0.29, 0.717) is 4.90 Å². The molecule has 0 unspecified atom stereocenters. The van der Waals surface area contributed by atoms with Crippen molar-refractivity contribution < 1.29 is 9.18 Å². The van der Waals surface area contributed by atoms with E-state index in [-0.39, 0.29) is 17.5 Å². The summed E-state index contributed by atoms with van der Waals surface area (Å²) in [6.07, 6.45) is 1.96. The Labute approximate surface area is 126 Å². The van der Waals surface area contributed by atoms with E-state index < -0.39 is 0 Å². The first-order valence-electron chi connectivity index (χ1n) is 6.01. The lowest BCUT2D eigenvalue weighted by molar-refractivity contribution is -0.113. The number of rotatable bonds is 5. The van der Waals surface area contributed by atoms with Crippen molar-refractivity contribution in [1.29, 1.82) is 0 Å². The van der Waals surface area contributed by atoms with Crippen LogP contribution in [0.1, 0.15) is 0 Å². The van der Waals surface area contributed by atoms with Gasteiger partial charge in [0.2, 0.25) is 5.91 Å². The fourth-order valence-corrected chi connectivity index (χ4v) is 2.93. The summed E-state index contributed by atoms with van der Waals surface area (Å²) in [6.45, 7) is 0. The van der Waals surface area contributed by atoms with Crippen LogP contribution in [0.5, 0.6) is 0 Å². The molecule has 0 bridgehead atoms. The number of anilines is 1. The summed E-state index contributed by atoms with van der Waals surface area (Å²) in [5.74, 6) is -0.251. The van der Waals surface area contributed by atoms with Gasteiger partial charge in [0.05, 0.1) is 11.4 Å². The second kappa shape index (κ2) is 7.36. The predicted octanol–water partition coefficient (Wildman–Crippen LogP) is 4.28. The van der Waals surface area contributed by atoms with Gasteiger partial charge in [-0.1, -0.05) is 24.3 Å². The minimum Gasteiger partial charge on any atom is -0.324 e. The minimum atomic E-state index is -0.296. The number of amides is 1. The Bertz CT molecular complexity index is 604. The highest BCUT2D eigenvalue weighted by Gasteiger charge is 2.08. The maximum atomic E-state index is 13.4. The normalized spacial score (nSPS) is 10.3. The molecular weight excluding hydrogens is 293 g/mol. The highest BCUT2D eigenvalue weighted by molar-refractivity contribution is 8.00. The summed E-state index contributed by atoms with van der Waals surface area (Å²) in [7, 11) is 0. The molecule has 0 fully saturated rings. The average molecular weight is 307 g/mol. The summed E-state index contributed by atoms with van der Waals surface area (Å²) in [4.78, 5) is 13.4. The van der Waals surface area contributed by atoms with E-state index in [9.17, 15) is 9.18 Å². The van der Waals surface area contributed by atoms with Crippen molar-refractivity contribution in [3.8, 4) is 0 Å². The number of nitrogens with one attached hydrogen (secondary N) is 1. The quantitative estimate of drug-likeness (QED) is 0.836. The highest BCUT2D eigenvalue weighted by atomic mass is 32.2. The van der Waals surface area contributed by atoms with Crippen LogP contribution >= 0.6 is 23.5 Å². The van der Waals surface area contributed by atoms with Gasteiger partial charge >= 0.3 is 0 Å². The molecule has 0 atom stereocenters. The number of carbonyl (C=O) groups excluding carboxylic acids is 1. The molecule has 2 rings (SSSR count). The summed E-state index contributed by atoms with van der Waals surface area (Å²) in [5.41, 5.74) is 0.791. The van der Waals surface area contributed by atoms with Gasteiger partial charge in [-0.2, -0.15) is 0 Å². The molecular formula is C15H14FNOS2. The zero-order valence-electron chi connectivity index (χ0n) is 10.9. The molecule has 20 heavy (non-hydrogen) atoms. The van der Waals surface area contributed by atoms with Crippen molar-refractivity contribution >= 4 is 35.1 Å². The lowest BCUT2D eigenvalue weighted by Gasteiger charge is -2.09. The molecule has 104 valence electrons. The Morgan fingerprint density at radius 3 is 2.45 bits per heavy atom. The SMILES string of the molecule is CSc1ccccc1NC(=O)CSc1ccccc1F. The van der Waals surface area contributed by atoms with E-state index in [1.807, 2.05) is 30.5 Å². The fourth-order valence-electron chi connectivity index (χ4n) is 1.64. The van der Waals surface area contributed by atoms with Gasteiger partial charge in [0.25, 0.3) is 0 Å². The van der Waals surface area contributed by atoms with Gasteiger partial charge < -0.3 is 5.32 Å². The Balaban J connectivity index is 1.95. The van der Waals surface area contributed by atoms with Crippen molar-refractivity contribution in [3.63, 3.8) is 0 Å². The van der Waals surface area contributed by atoms with E-state index in [1.165, 1.54) is 17.8 Å². The van der Waals surface area contributed by atoms with Crippen LogP contribution in [0.25, 0.3) is 0 Å². The lowest BCUT2D eigenvalue weighted by atomic mass is 10.3. The topological polar surface area (TPSA) is 29.1 Å². The van der Waals surface area contributed by atoms with E-state index in [0.717, 1.165) is 10.6 Å². The smallest absolute Gasteiger partial charge is 0.234 e. The first kappa shape index (κ1) is 14.9. The zero-order valence-corrected chi connectivity index (χ0v) is 12.6. The summed E-state index contributed by atoms with van der Waals surface area (Å²) < 4.78 is 13.4. The van der Waals surface area contributed by atoms with Crippen LogP contribution in [0.15, 0.2) is 58.3 Å². The molecule has 0 aliphatic carbocycles. The number of hydrogen-bond acceptors (Lipinski definition) is 3. The number of para-hydroxylation sites is 1. The zero-order chi connectivity index (χ0) is 14.4. The van der Waals surface area contributed by atoms with Crippen molar-refractivity contribution in [2.75, 3.05) is 17.3 Å². The standard InChI is InChI=1S/C15H14FNOS2/c1-19-14-9-5-3-7-12(14)17-15(18)10-20-13-8-4-2-6-11(13)16/h2-9H,10H2,1H3,(H,17,18). The Morgan fingerprint density at radius 1 is 1.10 bits per heavy atom. The van der Waals surface area contributed by atoms with Gasteiger partial charge in [-0.25, -0.2) is 4.39 Å². The molecule has 1 N–H and O–H groups in total. The van der Waals surface area contributed by atoms with Crippen molar-refractivity contribution in [1.82, 2.24) is 0 Å².